The van der Waals surface area contributed by atoms with Crippen LogP contribution >= 0.6 is 11.6 Å². The first-order valence-corrected chi connectivity index (χ1v) is 5.80. The quantitative estimate of drug-likeness (QED) is 0.690. The Labute approximate surface area is 118 Å². The molecule has 0 unspecified atom stereocenters. The van der Waals surface area contributed by atoms with Crippen LogP contribution in [0.3, 0.4) is 0 Å². The van der Waals surface area contributed by atoms with Gasteiger partial charge in [-0.2, -0.15) is 4.98 Å². The first-order valence-electron chi connectivity index (χ1n) is 5.43. The van der Waals surface area contributed by atoms with Crippen molar-refractivity contribution in [2.45, 2.75) is 0 Å². The predicted molar refractivity (Wildman–Crippen MR) is 72.1 cm³/mol. The van der Waals surface area contributed by atoms with Crippen LogP contribution in [-0.4, -0.2) is 17.0 Å². The molecule has 1 aromatic heterocycles. The molecule has 0 aliphatic heterocycles. The van der Waals surface area contributed by atoms with Gasteiger partial charge in [0, 0.05) is 17.8 Å². The fourth-order valence-electron chi connectivity index (χ4n) is 1.50. The number of halogens is 2. The molecule has 0 amide bonds. The molecule has 0 atom stereocenters. The number of anilines is 2. The average Bonchev–Trinajstić information content (AvgIpc) is 2.42. The molecule has 2 rings (SSSR count). The summed E-state index contributed by atoms with van der Waals surface area (Å²) < 4.78 is 18.0. The van der Waals surface area contributed by atoms with Gasteiger partial charge in [0.15, 0.2) is 0 Å². The van der Waals surface area contributed by atoms with Crippen molar-refractivity contribution < 1.29 is 14.1 Å². The Morgan fingerprint density at radius 2 is 2.15 bits per heavy atom. The maximum absolute atomic E-state index is 13.1. The number of nitrogens with zero attached hydrogens (tertiary/aromatic N) is 2. The minimum atomic E-state index is -0.583. The zero-order chi connectivity index (χ0) is 14.7. The minimum absolute atomic E-state index is 0.0166. The lowest BCUT2D eigenvalue weighted by Crippen LogP contribution is -2.01. The van der Waals surface area contributed by atoms with Crippen LogP contribution in [0.5, 0.6) is 5.88 Å². The van der Waals surface area contributed by atoms with Crippen LogP contribution < -0.4 is 10.1 Å². The smallest absolute Gasteiger partial charge is 0.311 e. The summed E-state index contributed by atoms with van der Waals surface area (Å²) in [5.74, 6) is -0.381. The van der Waals surface area contributed by atoms with E-state index >= 15 is 0 Å². The molecule has 1 heterocycles. The van der Waals surface area contributed by atoms with Crippen LogP contribution in [0.2, 0.25) is 5.02 Å². The molecule has 0 aliphatic rings. The molecule has 0 fully saturated rings. The van der Waals surface area contributed by atoms with Gasteiger partial charge in [0.25, 0.3) is 0 Å². The number of pyridine rings is 1. The maximum Gasteiger partial charge on any atom is 0.311 e. The first kappa shape index (κ1) is 14.0. The summed E-state index contributed by atoms with van der Waals surface area (Å²) in [7, 11) is 1.40. The van der Waals surface area contributed by atoms with E-state index in [-0.39, 0.29) is 22.4 Å². The van der Waals surface area contributed by atoms with E-state index < -0.39 is 10.7 Å². The summed E-state index contributed by atoms with van der Waals surface area (Å²) in [6, 6.07) is 6.49. The Morgan fingerprint density at radius 3 is 2.75 bits per heavy atom. The molecule has 0 spiro atoms. The Hall–Kier alpha value is -2.41. The number of benzene rings is 1. The molecular weight excluding hydrogens is 289 g/mol. The Kier molecular flexibility index (Phi) is 3.99. The van der Waals surface area contributed by atoms with Crippen LogP contribution in [0.1, 0.15) is 0 Å². The largest absolute Gasteiger partial charge is 0.481 e. The van der Waals surface area contributed by atoms with Gasteiger partial charge in [0.1, 0.15) is 5.82 Å². The zero-order valence-electron chi connectivity index (χ0n) is 10.3. The van der Waals surface area contributed by atoms with Crippen LogP contribution in [0.15, 0.2) is 30.3 Å². The summed E-state index contributed by atoms with van der Waals surface area (Å²) >= 11 is 5.65. The van der Waals surface area contributed by atoms with Gasteiger partial charge in [0.05, 0.1) is 17.1 Å². The van der Waals surface area contributed by atoms with Gasteiger partial charge in [-0.05, 0) is 18.2 Å². The highest BCUT2D eigenvalue weighted by Gasteiger charge is 2.17. The highest BCUT2D eigenvalue weighted by Crippen LogP contribution is 2.29. The molecule has 0 saturated heterocycles. The number of nitro groups is 1. The maximum atomic E-state index is 13.1. The molecule has 20 heavy (non-hydrogen) atoms. The van der Waals surface area contributed by atoms with Crippen molar-refractivity contribution in [3.63, 3.8) is 0 Å². The van der Waals surface area contributed by atoms with Crippen LogP contribution in [0.4, 0.5) is 21.6 Å². The van der Waals surface area contributed by atoms with Crippen molar-refractivity contribution in [2.75, 3.05) is 12.4 Å². The molecule has 0 bridgehead atoms. The Balaban J connectivity index is 2.40. The van der Waals surface area contributed by atoms with Crippen molar-refractivity contribution in [1.82, 2.24) is 4.98 Å². The lowest BCUT2D eigenvalue weighted by molar-refractivity contribution is -0.384. The number of ether oxygens (including phenoxy) is 1. The van der Waals surface area contributed by atoms with E-state index in [4.69, 9.17) is 16.3 Å². The molecule has 1 N–H and O–H groups in total. The second-order valence-corrected chi connectivity index (χ2v) is 4.14. The highest BCUT2D eigenvalue weighted by molar-refractivity contribution is 6.31. The van der Waals surface area contributed by atoms with Crippen molar-refractivity contribution in [3.05, 3.63) is 51.3 Å². The third kappa shape index (κ3) is 2.94. The van der Waals surface area contributed by atoms with Gasteiger partial charge >= 0.3 is 5.69 Å². The number of rotatable bonds is 4. The summed E-state index contributed by atoms with van der Waals surface area (Å²) in [6.07, 6.45) is 0. The summed E-state index contributed by atoms with van der Waals surface area (Å²) in [4.78, 5) is 14.3. The summed E-state index contributed by atoms with van der Waals surface area (Å²) in [5, 5.41) is 13.5. The van der Waals surface area contributed by atoms with Crippen LogP contribution in [0, 0.1) is 15.9 Å². The molecule has 0 aliphatic carbocycles. The van der Waals surface area contributed by atoms with E-state index in [1.165, 1.54) is 31.4 Å². The fourth-order valence-corrected chi connectivity index (χ4v) is 1.68. The first-order chi connectivity index (χ1) is 9.51. The fraction of sp³-hybridized carbons (Fsp3) is 0.0833. The topological polar surface area (TPSA) is 77.3 Å². The number of nitrogens with one attached hydrogen (secondary N) is 1. The second kappa shape index (κ2) is 5.70. The number of methoxy groups -OCH3 is 1. The monoisotopic (exact) mass is 297 g/mol. The average molecular weight is 298 g/mol. The van der Waals surface area contributed by atoms with Crippen molar-refractivity contribution in [2.24, 2.45) is 0 Å². The van der Waals surface area contributed by atoms with Gasteiger partial charge in [-0.3, -0.25) is 10.1 Å². The number of hydrogen-bond acceptors (Lipinski definition) is 5. The van der Waals surface area contributed by atoms with E-state index in [0.29, 0.717) is 5.69 Å². The van der Waals surface area contributed by atoms with E-state index in [2.05, 4.69) is 10.3 Å². The normalized spacial score (nSPS) is 10.2. The summed E-state index contributed by atoms with van der Waals surface area (Å²) in [6.45, 7) is 0. The SMILES string of the molecule is COc1ccc([N+](=O)[O-])c(Nc2ccc(F)c(Cl)c2)n1. The number of hydrogen-bond donors (Lipinski definition) is 1. The van der Waals surface area contributed by atoms with Gasteiger partial charge < -0.3 is 10.1 Å². The number of aromatic nitrogens is 1. The third-order valence-electron chi connectivity index (χ3n) is 2.44. The van der Waals surface area contributed by atoms with E-state index in [9.17, 15) is 14.5 Å². The molecule has 0 saturated carbocycles. The van der Waals surface area contributed by atoms with E-state index in [1.54, 1.807) is 0 Å². The zero-order valence-corrected chi connectivity index (χ0v) is 11.0. The third-order valence-corrected chi connectivity index (χ3v) is 2.73. The molecule has 8 heteroatoms. The lowest BCUT2D eigenvalue weighted by Gasteiger charge is -2.08. The van der Waals surface area contributed by atoms with Crippen molar-refractivity contribution in [1.29, 1.82) is 0 Å². The molecule has 0 radical (unpaired) electrons. The van der Waals surface area contributed by atoms with E-state index in [1.807, 2.05) is 0 Å². The molecule has 104 valence electrons. The van der Waals surface area contributed by atoms with E-state index in [0.717, 1.165) is 6.07 Å². The molecule has 1 aromatic carbocycles. The highest BCUT2D eigenvalue weighted by atomic mass is 35.5. The van der Waals surface area contributed by atoms with Gasteiger partial charge in [-0.25, -0.2) is 4.39 Å². The molecule has 2 aromatic rings. The van der Waals surface area contributed by atoms with Gasteiger partial charge in [-0.15, -0.1) is 0 Å². The second-order valence-electron chi connectivity index (χ2n) is 3.73. The predicted octanol–water partition coefficient (Wildman–Crippen LogP) is 3.53. The van der Waals surface area contributed by atoms with Crippen LogP contribution in [0.25, 0.3) is 0 Å². The lowest BCUT2D eigenvalue weighted by atomic mass is 10.3. The van der Waals surface area contributed by atoms with Gasteiger partial charge in [0.2, 0.25) is 11.7 Å². The standard InChI is InChI=1S/C12H9ClFN3O3/c1-20-11-5-4-10(17(18)19)12(16-11)15-7-2-3-9(14)8(13)6-7/h2-6H,1H3,(H,15,16). The molecular formula is C12H9ClFN3O3. The van der Waals surface area contributed by atoms with Gasteiger partial charge in [-0.1, -0.05) is 11.6 Å². The summed E-state index contributed by atoms with van der Waals surface area (Å²) in [5.41, 5.74) is 0.145. The van der Waals surface area contributed by atoms with Crippen molar-refractivity contribution >= 4 is 28.8 Å². The minimum Gasteiger partial charge on any atom is -0.481 e. The molecule has 6 nitrogen and oxygen atoms in total. The Bertz CT molecular complexity index is 666. The van der Waals surface area contributed by atoms with Crippen molar-refractivity contribution in [3.8, 4) is 5.88 Å². The van der Waals surface area contributed by atoms with Crippen LogP contribution in [-0.2, 0) is 0 Å². The Morgan fingerprint density at radius 1 is 1.40 bits per heavy atom.